The number of aryl methyl sites for hydroxylation is 1. The van der Waals surface area contributed by atoms with Crippen molar-refractivity contribution in [1.82, 2.24) is 9.88 Å². The Hall–Kier alpha value is -1.71. The predicted molar refractivity (Wildman–Crippen MR) is 64.5 cm³/mol. The van der Waals surface area contributed by atoms with Crippen LogP contribution in [0.3, 0.4) is 0 Å². The Balaban J connectivity index is 2.23. The van der Waals surface area contributed by atoms with Crippen molar-refractivity contribution in [2.75, 3.05) is 6.54 Å². The van der Waals surface area contributed by atoms with Gasteiger partial charge < -0.3 is 9.88 Å². The summed E-state index contributed by atoms with van der Waals surface area (Å²) in [7, 11) is 1.88. The van der Waals surface area contributed by atoms with E-state index in [2.05, 4.69) is 17.3 Å². The molecule has 0 bridgehead atoms. The van der Waals surface area contributed by atoms with Gasteiger partial charge in [0.15, 0.2) is 0 Å². The fourth-order valence-electron chi connectivity index (χ4n) is 1.55. The molecule has 16 heavy (non-hydrogen) atoms. The van der Waals surface area contributed by atoms with Crippen LogP contribution in [0.2, 0.25) is 0 Å². The minimum atomic E-state index is 0.698. The maximum atomic E-state index is 8.79. The lowest BCUT2D eigenvalue weighted by molar-refractivity contribution is 0.629. The van der Waals surface area contributed by atoms with Gasteiger partial charge in [-0.3, -0.25) is 0 Å². The zero-order valence-electron chi connectivity index (χ0n) is 9.66. The number of nitrogens with one attached hydrogen (secondary N) is 1. The Morgan fingerprint density at radius 3 is 2.94 bits per heavy atom. The molecule has 0 spiro atoms. The van der Waals surface area contributed by atoms with Crippen LogP contribution in [0.25, 0.3) is 0 Å². The van der Waals surface area contributed by atoms with Crippen LogP contribution in [0.1, 0.15) is 30.5 Å². The number of aromatic nitrogens is 1. The molecule has 0 aromatic carbocycles. The van der Waals surface area contributed by atoms with Gasteiger partial charge in [-0.1, -0.05) is 0 Å². The normalized spacial score (nSPS) is 9.69. The molecule has 1 N–H and O–H groups in total. The van der Waals surface area contributed by atoms with Crippen molar-refractivity contribution in [2.24, 2.45) is 7.05 Å². The molecule has 0 atom stereocenters. The van der Waals surface area contributed by atoms with Crippen LogP contribution in [0, 0.1) is 23.7 Å². The molecule has 1 aromatic heterocycles. The van der Waals surface area contributed by atoms with E-state index in [0.29, 0.717) is 5.69 Å². The lowest BCUT2D eigenvalue weighted by Crippen LogP contribution is -2.14. The van der Waals surface area contributed by atoms with Crippen molar-refractivity contribution >= 4 is 0 Å². The number of terminal acetylenes is 1. The number of hydrogen-bond donors (Lipinski definition) is 1. The number of unbranched alkanes of at least 4 members (excludes halogenated alkanes) is 2. The number of hydrogen-bond acceptors (Lipinski definition) is 2. The van der Waals surface area contributed by atoms with Crippen LogP contribution in [-0.4, -0.2) is 11.1 Å². The van der Waals surface area contributed by atoms with E-state index in [1.54, 1.807) is 0 Å². The topological polar surface area (TPSA) is 40.8 Å². The third-order valence-corrected chi connectivity index (χ3v) is 2.43. The largest absolute Gasteiger partial charge is 0.342 e. The summed E-state index contributed by atoms with van der Waals surface area (Å²) in [4.78, 5) is 0. The Labute approximate surface area is 97.1 Å². The third-order valence-electron chi connectivity index (χ3n) is 2.43. The van der Waals surface area contributed by atoms with Gasteiger partial charge in [0.1, 0.15) is 11.8 Å². The van der Waals surface area contributed by atoms with E-state index < -0.39 is 0 Å². The molecule has 0 saturated carbocycles. The molecule has 1 heterocycles. The minimum absolute atomic E-state index is 0.698. The Kier molecular flexibility index (Phi) is 5.19. The lowest BCUT2D eigenvalue weighted by Gasteiger charge is -2.01. The fourth-order valence-corrected chi connectivity index (χ4v) is 1.55. The highest BCUT2D eigenvalue weighted by atomic mass is 14.9. The summed E-state index contributed by atoms with van der Waals surface area (Å²) in [6.07, 6.45) is 10.2. The van der Waals surface area contributed by atoms with E-state index in [0.717, 1.165) is 37.9 Å². The van der Waals surface area contributed by atoms with Crippen molar-refractivity contribution in [3.63, 3.8) is 0 Å². The second-order valence-electron chi connectivity index (χ2n) is 3.79. The second-order valence-corrected chi connectivity index (χ2v) is 3.79. The van der Waals surface area contributed by atoms with E-state index in [9.17, 15) is 0 Å². The van der Waals surface area contributed by atoms with Gasteiger partial charge in [0, 0.05) is 26.2 Å². The smallest absolute Gasteiger partial charge is 0.120 e. The third kappa shape index (κ3) is 3.81. The highest BCUT2D eigenvalue weighted by molar-refractivity contribution is 5.28. The zero-order chi connectivity index (χ0) is 11.8. The molecule has 3 nitrogen and oxygen atoms in total. The average molecular weight is 215 g/mol. The van der Waals surface area contributed by atoms with Gasteiger partial charge in [-0.25, -0.2) is 0 Å². The van der Waals surface area contributed by atoms with Crippen molar-refractivity contribution < 1.29 is 0 Å². The monoisotopic (exact) mass is 215 g/mol. The molecule has 0 aliphatic carbocycles. The zero-order valence-corrected chi connectivity index (χ0v) is 9.66. The van der Waals surface area contributed by atoms with Gasteiger partial charge in [0.05, 0.1) is 0 Å². The van der Waals surface area contributed by atoms with Gasteiger partial charge in [-0.2, -0.15) is 5.26 Å². The molecule has 0 unspecified atom stereocenters. The van der Waals surface area contributed by atoms with Crippen LogP contribution in [0.4, 0.5) is 0 Å². The minimum Gasteiger partial charge on any atom is -0.342 e. The van der Waals surface area contributed by atoms with Crippen LogP contribution in [0.5, 0.6) is 0 Å². The fraction of sp³-hybridized carbons (Fsp3) is 0.462. The first-order valence-electron chi connectivity index (χ1n) is 5.47. The maximum Gasteiger partial charge on any atom is 0.120 e. The molecular formula is C13H17N3. The molecular weight excluding hydrogens is 198 g/mol. The summed E-state index contributed by atoms with van der Waals surface area (Å²) in [5, 5.41) is 12.1. The molecule has 0 fully saturated rings. The average Bonchev–Trinajstić information content (AvgIpc) is 2.64. The Morgan fingerprint density at radius 1 is 1.50 bits per heavy atom. The van der Waals surface area contributed by atoms with Crippen molar-refractivity contribution in [1.29, 1.82) is 5.26 Å². The molecule has 0 aliphatic rings. The summed E-state index contributed by atoms with van der Waals surface area (Å²) in [6.45, 7) is 1.78. The first-order valence-corrected chi connectivity index (χ1v) is 5.47. The van der Waals surface area contributed by atoms with Crippen molar-refractivity contribution in [3.05, 3.63) is 23.5 Å². The molecule has 0 aliphatic heterocycles. The predicted octanol–water partition coefficient (Wildman–Crippen LogP) is 1.79. The van der Waals surface area contributed by atoms with Gasteiger partial charge in [-0.15, -0.1) is 12.3 Å². The quantitative estimate of drug-likeness (QED) is 0.580. The summed E-state index contributed by atoms with van der Waals surface area (Å²) in [6, 6.07) is 4.06. The first-order chi connectivity index (χ1) is 7.77. The summed E-state index contributed by atoms with van der Waals surface area (Å²) in [5.41, 5.74) is 1.85. The van der Waals surface area contributed by atoms with E-state index in [1.807, 2.05) is 23.9 Å². The van der Waals surface area contributed by atoms with Crippen molar-refractivity contribution in [2.45, 2.75) is 25.8 Å². The van der Waals surface area contributed by atoms with Crippen molar-refractivity contribution in [3.8, 4) is 18.4 Å². The first kappa shape index (κ1) is 12.4. The second kappa shape index (κ2) is 6.71. The van der Waals surface area contributed by atoms with Crippen LogP contribution >= 0.6 is 0 Å². The van der Waals surface area contributed by atoms with Gasteiger partial charge >= 0.3 is 0 Å². The lowest BCUT2D eigenvalue weighted by atomic mass is 10.2. The van der Waals surface area contributed by atoms with E-state index in [4.69, 9.17) is 11.7 Å². The highest BCUT2D eigenvalue weighted by Crippen LogP contribution is 2.05. The van der Waals surface area contributed by atoms with Gasteiger partial charge in [0.25, 0.3) is 0 Å². The number of nitriles is 1. The summed E-state index contributed by atoms with van der Waals surface area (Å²) in [5.74, 6) is 2.63. The standard InChI is InChI=1S/C13H17N3/c1-3-4-5-6-7-15-10-12-8-13(9-14)16(2)11-12/h1,8,11,15H,4-7,10H2,2H3. The molecule has 0 amide bonds. The Morgan fingerprint density at radius 2 is 2.31 bits per heavy atom. The van der Waals surface area contributed by atoms with Crippen LogP contribution < -0.4 is 5.32 Å². The van der Waals surface area contributed by atoms with Crippen LogP contribution in [0.15, 0.2) is 12.3 Å². The number of rotatable bonds is 6. The molecule has 1 rings (SSSR count). The van der Waals surface area contributed by atoms with Crippen LogP contribution in [-0.2, 0) is 13.6 Å². The van der Waals surface area contributed by atoms with E-state index in [1.165, 1.54) is 0 Å². The van der Waals surface area contributed by atoms with Gasteiger partial charge in [-0.05, 0) is 31.0 Å². The maximum absolute atomic E-state index is 8.79. The summed E-state index contributed by atoms with van der Waals surface area (Å²) < 4.78 is 1.84. The van der Waals surface area contributed by atoms with E-state index >= 15 is 0 Å². The Bertz CT molecular complexity index is 404. The molecule has 3 heteroatoms. The molecule has 1 aromatic rings. The highest BCUT2D eigenvalue weighted by Gasteiger charge is 2.00. The SMILES string of the molecule is C#CCCCCNCc1cc(C#N)n(C)c1. The van der Waals surface area contributed by atoms with Gasteiger partial charge in [0.2, 0.25) is 0 Å². The molecule has 0 radical (unpaired) electrons. The molecule has 0 saturated heterocycles. The van der Waals surface area contributed by atoms with E-state index in [-0.39, 0.29) is 0 Å². The molecule has 84 valence electrons. The number of nitrogens with zero attached hydrogens (tertiary/aromatic N) is 2. The summed E-state index contributed by atoms with van der Waals surface area (Å²) >= 11 is 0.